The molecule has 19 heavy (non-hydrogen) atoms. The predicted octanol–water partition coefficient (Wildman–Crippen LogP) is 2.77. The highest BCUT2D eigenvalue weighted by molar-refractivity contribution is 5.27. The minimum atomic E-state index is 0.245. The second-order valence-corrected chi connectivity index (χ2v) is 5.32. The van der Waals surface area contributed by atoms with Crippen molar-refractivity contribution in [2.75, 3.05) is 13.7 Å². The van der Waals surface area contributed by atoms with Crippen molar-refractivity contribution in [3.63, 3.8) is 0 Å². The normalized spacial score (nSPS) is 24.4. The summed E-state index contributed by atoms with van der Waals surface area (Å²) in [5, 5.41) is 0. The monoisotopic (exact) mass is 263 g/mol. The minimum absolute atomic E-state index is 0.245. The lowest BCUT2D eigenvalue weighted by Gasteiger charge is -2.23. The van der Waals surface area contributed by atoms with Gasteiger partial charge < -0.3 is 15.2 Å². The molecule has 3 atom stereocenters. The molecule has 1 aliphatic heterocycles. The molecule has 1 aliphatic rings. The summed E-state index contributed by atoms with van der Waals surface area (Å²) in [6.07, 6.45) is 4.60. The standard InChI is InChI=1S/C16H25NO2/c1-3-16-14(10-11-19-16)15(17)9-6-12-4-7-13(18-2)8-5-12/h4-5,7-8,14-16H,3,6,9-11,17H2,1-2H3. The zero-order chi connectivity index (χ0) is 13.7. The lowest BCUT2D eigenvalue weighted by Crippen LogP contribution is -2.35. The lowest BCUT2D eigenvalue weighted by atomic mass is 9.88. The zero-order valence-corrected chi connectivity index (χ0v) is 12.0. The molecule has 1 heterocycles. The number of benzene rings is 1. The van der Waals surface area contributed by atoms with Gasteiger partial charge in [-0.15, -0.1) is 0 Å². The third-order valence-electron chi connectivity index (χ3n) is 4.14. The first-order chi connectivity index (χ1) is 9.24. The van der Waals surface area contributed by atoms with Crippen LogP contribution in [0.1, 0.15) is 31.7 Å². The summed E-state index contributed by atoms with van der Waals surface area (Å²) >= 11 is 0. The highest BCUT2D eigenvalue weighted by Gasteiger charge is 2.31. The highest BCUT2D eigenvalue weighted by atomic mass is 16.5. The Kier molecular flexibility index (Phi) is 5.23. The molecule has 1 fully saturated rings. The Hall–Kier alpha value is -1.06. The predicted molar refractivity (Wildman–Crippen MR) is 77.4 cm³/mol. The van der Waals surface area contributed by atoms with Crippen molar-refractivity contribution in [2.24, 2.45) is 11.7 Å². The first kappa shape index (κ1) is 14.4. The number of hydrogen-bond donors (Lipinski definition) is 1. The Bertz CT molecular complexity index is 377. The molecular formula is C16H25NO2. The van der Waals surface area contributed by atoms with E-state index in [1.165, 1.54) is 5.56 Å². The van der Waals surface area contributed by atoms with Crippen LogP contribution in [0.3, 0.4) is 0 Å². The van der Waals surface area contributed by atoms with Gasteiger partial charge in [0, 0.05) is 18.6 Å². The second-order valence-electron chi connectivity index (χ2n) is 5.32. The first-order valence-electron chi connectivity index (χ1n) is 7.24. The Labute approximate surface area is 116 Å². The van der Waals surface area contributed by atoms with Gasteiger partial charge in [-0.25, -0.2) is 0 Å². The quantitative estimate of drug-likeness (QED) is 0.858. The Morgan fingerprint density at radius 2 is 2.11 bits per heavy atom. The van der Waals surface area contributed by atoms with Crippen LogP contribution in [0.15, 0.2) is 24.3 Å². The molecule has 0 spiro atoms. The fraction of sp³-hybridized carbons (Fsp3) is 0.625. The lowest BCUT2D eigenvalue weighted by molar-refractivity contribution is 0.0806. The smallest absolute Gasteiger partial charge is 0.118 e. The number of methoxy groups -OCH3 is 1. The van der Waals surface area contributed by atoms with Gasteiger partial charge in [-0.3, -0.25) is 0 Å². The van der Waals surface area contributed by atoms with Gasteiger partial charge in [0.2, 0.25) is 0 Å². The molecule has 0 aliphatic carbocycles. The molecular weight excluding hydrogens is 238 g/mol. The number of ether oxygens (including phenoxy) is 2. The van der Waals surface area contributed by atoms with Crippen LogP contribution in [0.4, 0.5) is 0 Å². The molecule has 106 valence electrons. The largest absolute Gasteiger partial charge is 0.497 e. The zero-order valence-electron chi connectivity index (χ0n) is 12.0. The van der Waals surface area contributed by atoms with E-state index < -0.39 is 0 Å². The average Bonchev–Trinajstić information content (AvgIpc) is 2.93. The fourth-order valence-electron chi connectivity index (χ4n) is 2.91. The van der Waals surface area contributed by atoms with Crippen LogP contribution in [0.5, 0.6) is 5.75 Å². The maximum atomic E-state index is 6.34. The van der Waals surface area contributed by atoms with E-state index in [0.29, 0.717) is 12.0 Å². The van der Waals surface area contributed by atoms with E-state index in [1.807, 2.05) is 12.1 Å². The van der Waals surface area contributed by atoms with Gasteiger partial charge in [-0.2, -0.15) is 0 Å². The fourth-order valence-corrected chi connectivity index (χ4v) is 2.91. The van der Waals surface area contributed by atoms with E-state index in [0.717, 1.165) is 38.0 Å². The summed E-state index contributed by atoms with van der Waals surface area (Å²) in [7, 11) is 1.69. The third-order valence-corrected chi connectivity index (χ3v) is 4.14. The SMILES string of the molecule is CCC1OCCC1C(N)CCc1ccc(OC)cc1. The molecule has 0 aromatic heterocycles. The molecule has 1 saturated heterocycles. The summed E-state index contributed by atoms with van der Waals surface area (Å²) in [6.45, 7) is 3.05. The van der Waals surface area contributed by atoms with Gasteiger partial charge in [0.15, 0.2) is 0 Å². The molecule has 0 amide bonds. The van der Waals surface area contributed by atoms with Gasteiger partial charge in [-0.1, -0.05) is 19.1 Å². The van der Waals surface area contributed by atoms with E-state index in [4.69, 9.17) is 15.2 Å². The van der Waals surface area contributed by atoms with Gasteiger partial charge in [-0.05, 0) is 43.4 Å². The molecule has 3 heteroatoms. The first-order valence-corrected chi connectivity index (χ1v) is 7.24. The van der Waals surface area contributed by atoms with Gasteiger partial charge >= 0.3 is 0 Å². The number of rotatable bonds is 6. The van der Waals surface area contributed by atoms with E-state index in [2.05, 4.69) is 19.1 Å². The van der Waals surface area contributed by atoms with E-state index in [1.54, 1.807) is 7.11 Å². The molecule has 0 saturated carbocycles. The summed E-state index contributed by atoms with van der Waals surface area (Å²) < 4.78 is 10.9. The maximum Gasteiger partial charge on any atom is 0.118 e. The molecule has 2 rings (SSSR count). The number of aryl methyl sites for hydroxylation is 1. The molecule has 0 bridgehead atoms. The van der Waals surface area contributed by atoms with E-state index in [-0.39, 0.29) is 6.04 Å². The van der Waals surface area contributed by atoms with Crippen LogP contribution < -0.4 is 10.5 Å². The minimum Gasteiger partial charge on any atom is -0.497 e. The number of hydrogen-bond acceptors (Lipinski definition) is 3. The van der Waals surface area contributed by atoms with Crippen molar-refractivity contribution >= 4 is 0 Å². The molecule has 0 radical (unpaired) electrons. The maximum absolute atomic E-state index is 6.34. The van der Waals surface area contributed by atoms with Crippen molar-refractivity contribution < 1.29 is 9.47 Å². The van der Waals surface area contributed by atoms with Gasteiger partial charge in [0.1, 0.15) is 5.75 Å². The van der Waals surface area contributed by atoms with Gasteiger partial charge in [0.05, 0.1) is 13.2 Å². The van der Waals surface area contributed by atoms with Crippen LogP contribution in [-0.2, 0) is 11.2 Å². The van der Waals surface area contributed by atoms with Gasteiger partial charge in [0.25, 0.3) is 0 Å². The van der Waals surface area contributed by atoms with Crippen LogP contribution in [0.2, 0.25) is 0 Å². The Morgan fingerprint density at radius 1 is 1.37 bits per heavy atom. The summed E-state index contributed by atoms with van der Waals surface area (Å²) in [5.41, 5.74) is 7.67. The topological polar surface area (TPSA) is 44.5 Å². The van der Waals surface area contributed by atoms with Crippen molar-refractivity contribution in [2.45, 2.75) is 44.8 Å². The Balaban J connectivity index is 1.83. The molecule has 1 aromatic carbocycles. The summed E-state index contributed by atoms with van der Waals surface area (Å²) in [5.74, 6) is 1.44. The second kappa shape index (κ2) is 6.92. The highest BCUT2D eigenvalue weighted by Crippen LogP contribution is 2.27. The average molecular weight is 263 g/mol. The molecule has 1 aromatic rings. The Morgan fingerprint density at radius 3 is 2.74 bits per heavy atom. The van der Waals surface area contributed by atoms with Crippen molar-refractivity contribution in [3.05, 3.63) is 29.8 Å². The molecule has 3 unspecified atom stereocenters. The van der Waals surface area contributed by atoms with Crippen molar-refractivity contribution in [1.29, 1.82) is 0 Å². The van der Waals surface area contributed by atoms with Crippen molar-refractivity contribution in [1.82, 2.24) is 0 Å². The number of nitrogens with two attached hydrogens (primary N) is 1. The van der Waals surface area contributed by atoms with E-state index >= 15 is 0 Å². The van der Waals surface area contributed by atoms with Crippen LogP contribution in [0.25, 0.3) is 0 Å². The molecule has 2 N–H and O–H groups in total. The summed E-state index contributed by atoms with van der Waals surface area (Å²) in [4.78, 5) is 0. The third kappa shape index (κ3) is 3.71. The van der Waals surface area contributed by atoms with Crippen molar-refractivity contribution in [3.8, 4) is 5.75 Å². The van der Waals surface area contributed by atoms with Crippen LogP contribution in [-0.4, -0.2) is 25.9 Å². The van der Waals surface area contributed by atoms with Crippen LogP contribution >= 0.6 is 0 Å². The van der Waals surface area contributed by atoms with Crippen LogP contribution in [0, 0.1) is 5.92 Å². The summed E-state index contributed by atoms with van der Waals surface area (Å²) in [6, 6.07) is 8.50. The molecule has 3 nitrogen and oxygen atoms in total. The van der Waals surface area contributed by atoms with E-state index in [9.17, 15) is 0 Å².